The van der Waals surface area contributed by atoms with Crippen LogP contribution in [-0.4, -0.2) is 57.0 Å². The van der Waals surface area contributed by atoms with Crippen LogP contribution in [0.1, 0.15) is 39.0 Å². The van der Waals surface area contributed by atoms with E-state index in [-0.39, 0.29) is 6.04 Å². The number of rotatable bonds is 5. The highest BCUT2D eigenvalue weighted by Crippen LogP contribution is 2.16. The highest BCUT2D eigenvalue weighted by molar-refractivity contribution is 7.91. The Morgan fingerprint density at radius 3 is 2.63 bits per heavy atom. The molecule has 0 aliphatic carbocycles. The molecule has 2 rings (SSSR count). The minimum Gasteiger partial charge on any atom is -0.313 e. The molecule has 0 aromatic rings. The lowest BCUT2D eigenvalue weighted by Gasteiger charge is -2.30. The Morgan fingerprint density at radius 2 is 1.95 bits per heavy atom. The van der Waals surface area contributed by atoms with Crippen LogP contribution in [0.2, 0.25) is 0 Å². The quantitative estimate of drug-likeness (QED) is 0.774. The molecule has 19 heavy (non-hydrogen) atoms. The number of sulfone groups is 1. The van der Waals surface area contributed by atoms with Crippen molar-refractivity contribution in [2.24, 2.45) is 5.92 Å². The van der Waals surface area contributed by atoms with Gasteiger partial charge >= 0.3 is 0 Å². The van der Waals surface area contributed by atoms with E-state index in [0.717, 1.165) is 38.3 Å². The first kappa shape index (κ1) is 15.3. The Bertz CT molecular complexity index is 362. The van der Waals surface area contributed by atoms with Crippen molar-refractivity contribution >= 4 is 9.84 Å². The molecule has 0 amide bonds. The SMILES string of the molecule is CC1CCN(CCCNC2CCCS(=O)(=O)C2)CC1. The van der Waals surface area contributed by atoms with Gasteiger partial charge in [-0.1, -0.05) is 6.92 Å². The molecular formula is C14H28N2O2S. The molecule has 2 saturated heterocycles. The zero-order chi connectivity index (χ0) is 13.7. The predicted octanol–water partition coefficient (Wildman–Crippen LogP) is 1.28. The second-order valence-electron chi connectivity index (χ2n) is 6.29. The second-order valence-corrected chi connectivity index (χ2v) is 8.51. The van der Waals surface area contributed by atoms with Gasteiger partial charge in [0.1, 0.15) is 0 Å². The van der Waals surface area contributed by atoms with Gasteiger partial charge in [0.2, 0.25) is 0 Å². The van der Waals surface area contributed by atoms with Crippen LogP contribution in [0.4, 0.5) is 0 Å². The molecule has 5 heteroatoms. The summed E-state index contributed by atoms with van der Waals surface area (Å²) in [4.78, 5) is 2.54. The van der Waals surface area contributed by atoms with Gasteiger partial charge < -0.3 is 10.2 Å². The molecule has 0 saturated carbocycles. The van der Waals surface area contributed by atoms with Crippen molar-refractivity contribution in [3.8, 4) is 0 Å². The molecule has 1 N–H and O–H groups in total. The molecule has 0 spiro atoms. The van der Waals surface area contributed by atoms with E-state index >= 15 is 0 Å². The van der Waals surface area contributed by atoms with E-state index in [1.807, 2.05) is 0 Å². The summed E-state index contributed by atoms with van der Waals surface area (Å²) in [7, 11) is -2.77. The summed E-state index contributed by atoms with van der Waals surface area (Å²) in [6.07, 6.45) is 5.62. The third-order valence-electron chi connectivity index (χ3n) is 4.42. The van der Waals surface area contributed by atoms with E-state index in [1.54, 1.807) is 0 Å². The minimum absolute atomic E-state index is 0.195. The molecule has 1 unspecified atom stereocenters. The number of likely N-dealkylation sites (tertiary alicyclic amines) is 1. The fraction of sp³-hybridized carbons (Fsp3) is 1.00. The molecule has 2 fully saturated rings. The zero-order valence-electron chi connectivity index (χ0n) is 12.1. The molecule has 4 nitrogen and oxygen atoms in total. The third-order valence-corrected chi connectivity index (χ3v) is 6.24. The Hall–Kier alpha value is -0.130. The summed E-state index contributed by atoms with van der Waals surface area (Å²) in [5.41, 5.74) is 0. The number of nitrogens with one attached hydrogen (secondary N) is 1. The van der Waals surface area contributed by atoms with Crippen LogP contribution in [0.3, 0.4) is 0 Å². The van der Waals surface area contributed by atoms with Crippen LogP contribution in [0.15, 0.2) is 0 Å². The van der Waals surface area contributed by atoms with E-state index in [9.17, 15) is 8.42 Å². The lowest BCUT2D eigenvalue weighted by Crippen LogP contribution is -2.41. The fourth-order valence-corrected chi connectivity index (χ4v) is 4.75. The fourth-order valence-electron chi connectivity index (χ4n) is 3.08. The van der Waals surface area contributed by atoms with Gasteiger partial charge in [-0.15, -0.1) is 0 Å². The summed E-state index contributed by atoms with van der Waals surface area (Å²) in [5, 5.41) is 3.42. The molecule has 1 atom stereocenters. The molecule has 2 heterocycles. The molecule has 2 aliphatic rings. The van der Waals surface area contributed by atoms with Crippen molar-refractivity contribution in [3.63, 3.8) is 0 Å². The molecule has 0 aromatic heterocycles. The Morgan fingerprint density at radius 1 is 1.21 bits per heavy atom. The number of piperidine rings is 1. The van der Waals surface area contributed by atoms with Crippen molar-refractivity contribution in [2.75, 3.05) is 37.7 Å². The molecule has 0 aromatic carbocycles. The van der Waals surface area contributed by atoms with Gasteiger partial charge in [-0.25, -0.2) is 8.42 Å². The summed E-state index contributed by atoms with van der Waals surface area (Å²) in [5.74, 6) is 1.62. The lowest BCUT2D eigenvalue weighted by atomic mass is 9.99. The van der Waals surface area contributed by atoms with Crippen molar-refractivity contribution in [1.82, 2.24) is 10.2 Å². The normalized spacial score (nSPS) is 29.4. The van der Waals surface area contributed by atoms with Gasteiger partial charge in [-0.3, -0.25) is 0 Å². The first-order chi connectivity index (χ1) is 9.05. The summed E-state index contributed by atoms with van der Waals surface area (Å²) < 4.78 is 23.0. The van der Waals surface area contributed by atoms with Gasteiger partial charge in [-0.05, 0) is 64.2 Å². The summed E-state index contributed by atoms with van der Waals surface area (Å²) in [6.45, 7) is 6.91. The molecular weight excluding hydrogens is 260 g/mol. The van der Waals surface area contributed by atoms with Gasteiger partial charge in [0.25, 0.3) is 0 Å². The van der Waals surface area contributed by atoms with Gasteiger partial charge in [0.15, 0.2) is 9.84 Å². The molecule has 2 aliphatic heterocycles. The van der Waals surface area contributed by atoms with E-state index in [1.165, 1.54) is 25.9 Å². The Kier molecular flexibility index (Phi) is 5.66. The van der Waals surface area contributed by atoms with Crippen LogP contribution in [0.5, 0.6) is 0 Å². The average Bonchev–Trinajstić information content (AvgIpc) is 2.36. The van der Waals surface area contributed by atoms with E-state index in [2.05, 4.69) is 17.1 Å². The standard InChI is InChI=1S/C14H28N2O2S/c1-13-5-9-16(10-6-13)8-3-7-15-14-4-2-11-19(17,18)12-14/h13-15H,2-12H2,1H3. The van der Waals surface area contributed by atoms with Gasteiger partial charge in [-0.2, -0.15) is 0 Å². The van der Waals surface area contributed by atoms with Crippen LogP contribution in [-0.2, 0) is 9.84 Å². The highest BCUT2D eigenvalue weighted by Gasteiger charge is 2.24. The van der Waals surface area contributed by atoms with E-state index < -0.39 is 9.84 Å². The average molecular weight is 288 g/mol. The highest BCUT2D eigenvalue weighted by atomic mass is 32.2. The molecule has 0 bridgehead atoms. The zero-order valence-corrected chi connectivity index (χ0v) is 12.9. The van der Waals surface area contributed by atoms with Crippen molar-refractivity contribution in [1.29, 1.82) is 0 Å². The van der Waals surface area contributed by atoms with Crippen LogP contribution in [0, 0.1) is 5.92 Å². The maximum absolute atomic E-state index is 11.5. The van der Waals surface area contributed by atoms with Crippen molar-refractivity contribution < 1.29 is 8.42 Å². The lowest BCUT2D eigenvalue weighted by molar-refractivity contribution is 0.190. The maximum Gasteiger partial charge on any atom is 0.151 e. The Labute approximate surface area is 117 Å². The maximum atomic E-state index is 11.5. The van der Waals surface area contributed by atoms with Crippen molar-refractivity contribution in [3.05, 3.63) is 0 Å². The summed E-state index contributed by atoms with van der Waals surface area (Å²) in [6, 6.07) is 0.195. The smallest absolute Gasteiger partial charge is 0.151 e. The number of nitrogens with zero attached hydrogens (tertiary/aromatic N) is 1. The van der Waals surface area contributed by atoms with Gasteiger partial charge in [0, 0.05) is 6.04 Å². The first-order valence-electron chi connectivity index (χ1n) is 7.71. The number of hydrogen-bond donors (Lipinski definition) is 1. The third kappa shape index (κ3) is 5.40. The second kappa shape index (κ2) is 7.04. The minimum atomic E-state index is -2.77. The van der Waals surface area contributed by atoms with Crippen LogP contribution in [0.25, 0.3) is 0 Å². The molecule has 0 radical (unpaired) electrons. The monoisotopic (exact) mass is 288 g/mol. The van der Waals surface area contributed by atoms with Crippen LogP contribution < -0.4 is 5.32 Å². The van der Waals surface area contributed by atoms with Crippen LogP contribution >= 0.6 is 0 Å². The van der Waals surface area contributed by atoms with Gasteiger partial charge in [0.05, 0.1) is 11.5 Å². The number of hydrogen-bond acceptors (Lipinski definition) is 4. The van der Waals surface area contributed by atoms with Crippen molar-refractivity contribution in [2.45, 2.75) is 45.1 Å². The first-order valence-corrected chi connectivity index (χ1v) is 9.53. The van der Waals surface area contributed by atoms with E-state index in [4.69, 9.17) is 0 Å². The predicted molar refractivity (Wildman–Crippen MR) is 79.1 cm³/mol. The Balaban J connectivity index is 1.57. The largest absolute Gasteiger partial charge is 0.313 e. The van der Waals surface area contributed by atoms with E-state index in [0.29, 0.717) is 11.5 Å². The molecule has 112 valence electrons. The topological polar surface area (TPSA) is 49.4 Å². The summed E-state index contributed by atoms with van der Waals surface area (Å²) >= 11 is 0.